The van der Waals surface area contributed by atoms with E-state index in [1.165, 1.54) is 22.9 Å². The normalized spacial score (nSPS) is 11.7. The summed E-state index contributed by atoms with van der Waals surface area (Å²) in [6, 6.07) is 14.5. The molecule has 0 spiro atoms. The van der Waals surface area contributed by atoms with Crippen molar-refractivity contribution in [1.29, 1.82) is 0 Å². The monoisotopic (exact) mass is 445 g/mol. The van der Waals surface area contributed by atoms with Crippen LogP contribution in [0.25, 0.3) is 11.0 Å². The number of benzene rings is 2. The van der Waals surface area contributed by atoms with Gasteiger partial charge in [0, 0.05) is 11.2 Å². The molecule has 4 rings (SSSR count). The Hall–Kier alpha value is -3.39. The first-order valence-corrected chi connectivity index (χ1v) is 9.61. The van der Waals surface area contributed by atoms with Crippen molar-refractivity contribution in [3.05, 3.63) is 109 Å². The van der Waals surface area contributed by atoms with Gasteiger partial charge in [-0.05, 0) is 47.5 Å². The van der Waals surface area contributed by atoms with Crippen LogP contribution < -0.4 is 11.2 Å². The van der Waals surface area contributed by atoms with E-state index in [1.807, 2.05) is 0 Å². The van der Waals surface area contributed by atoms with Crippen molar-refractivity contribution in [2.24, 2.45) is 0 Å². The largest absolute Gasteiger partial charge is 0.416 e. The van der Waals surface area contributed by atoms with Gasteiger partial charge in [0.25, 0.3) is 5.56 Å². The summed E-state index contributed by atoms with van der Waals surface area (Å²) in [4.78, 5) is 30.2. The maximum absolute atomic E-state index is 13.2. The minimum Gasteiger partial charge on any atom is -0.287 e. The fourth-order valence-corrected chi connectivity index (χ4v) is 3.46. The summed E-state index contributed by atoms with van der Waals surface area (Å²) < 4.78 is 41.6. The third kappa shape index (κ3) is 4.25. The molecule has 0 saturated carbocycles. The van der Waals surface area contributed by atoms with Crippen LogP contribution in [0, 0.1) is 0 Å². The molecule has 0 radical (unpaired) electrons. The maximum Gasteiger partial charge on any atom is 0.416 e. The number of pyridine rings is 1. The molecule has 0 aliphatic carbocycles. The van der Waals surface area contributed by atoms with Gasteiger partial charge in [-0.25, -0.2) is 9.78 Å². The van der Waals surface area contributed by atoms with Gasteiger partial charge >= 0.3 is 11.9 Å². The second-order valence-corrected chi connectivity index (χ2v) is 7.39. The molecule has 5 nitrogen and oxygen atoms in total. The van der Waals surface area contributed by atoms with Crippen molar-refractivity contribution in [3.8, 4) is 0 Å². The second kappa shape index (κ2) is 8.03. The van der Waals surface area contributed by atoms with Gasteiger partial charge in [0.05, 0.1) is 24.2 Å². The summed E-state index contributed by atoms with van der Waals surface area (Å²) in [6.45, 7) is -0.171. The molecule has 0 aliphatic heterocycles. The molecule has 0 N–H and O–H groups in total. The maximum atomic E-state index is 13.2. The van der Waals surface area contributed by atoms with E-state index in [9.17, 15) is 22.8 Å². The van der Waals surface area contributed by atoms with E-state index in [4.69, 9.17) is 11.6 Å². The highest BCUT2D eigenvalue weighted by molar-refractivity contribution is 6.30. The average molecular weight is 446 g/mol. The third-order valence-corrected chi connectivity index (χ3v) is 5.09. The predicted molar refractivity (Wildman–Crippen MR) is 111 cm³/mol. The lowest BCUT2D eigenvalue weighted by Gasteiger charge is -2.15. The minimum atomic E-state index is -4.50. The lowest BCUT2D eigenvalue weighted by molar-refractivity contribution is -0.137. The number of hydrogen-bond acceptors (Lipinski definition) is 3. The first-order chi connectivity index (χ1) is 14.7. The van der Waals surface area contributed by atoms with Crippen LogP contribution in [-0.4, -0.2) is 14.1 Å². The topological polar surface area (TPSA) is 56.9 Å². The Morgan fingerprint density at radius 3 is 2.29 bits per heavy atom. The Morgan fingerprint density at radius 2 is 1.58 bits per heavy atom. The van der Waals surface area contributed by atoms with Gasteiger partial charge in [-0.15, -0.1) is 0 Å². The average Bonchev–Trinajstić information content (AvgIpc) is 2.75. The van der Waals surface area contributed by atoms with E-state index < -0.39 is 23.0 Å². The van der Waals surface area contributed by atoms with Gasteiger partial charge in [-0.1, -0.05) is 35.9 Å². The van der Waals surface area contributed by atoms with Crippen LogP contribution in [0.5, 0.6) is 0 Å². The van der Waals surface area contributed by atoms with Crippen molar-refractivity contribution in [3.63, 3.8) is 0 Å². The van der Waals surface area contributed by atoms with Crippen LogP contribution in [0.3, 0.4) is 0 Å². The molecule has 0 bridgehead atoms. The van der Waals surface area contributed by atoms with Crippen LogP contribution in [0.4, 0.5) is 13.2 Å². The fraction of sp³-hybridized carbons (Fsp3) is 0.136. The first kappa shape index (κ1) is 20.9. The minimum absolute atomic E-state index is 0.0239. The van der Waals surface area contributed by atoms with Gasteiger partial charge in [0.2, 0.25) is 0 Å². The zero-order chi connectivity index (χ0) is 22.2. The Labute approximate surface area is 179 Å². The lowest BCUT2D eigenvalue weighted by Crippen LogP contribution is -2.40. The highest BCUT2D eigenvalue weighted by Gasteiger charge is 2.30. The Bertz CT molecular complexity index is 1380. The van der Waals surface area contributed by atoms with Crippen LogP contribution in [-0.2, 0) is 19.3 Å². The molecule has 0 atom stereocenters. The van der Waals surface area contributed by atoms with E-state index in [0.29, 0.717) is 10.6 Å². The Morgan fingerprint density at radius 1 is 0.871 bits per heavy atom. The predicted octanol–water partition coefficient (Wildman–Crippen LogP) is 4.33. The molecule has 0 fully saturated rings. The molecule has 31 heavy (non-hydrogen) atoms. The van der Waals surface area contributed by atoms with Crippen molar-refractivity contribution in [2.75, 3.05) is 0 Å². The quantitative estimate of drug-likeness (QED) is 0.470. The number of halogens is 4. The Balaban J connectivity index is 1.86. The summed E-state index contributed by atoms with van der Waals surface area (Å²) in [7, 11) is 0. The fourth-order valence-electron chi connectivity index (χ4n) is 3.34. The van der Waals surface area contributed by atoms with Crippen molar-refractivity contribution in [2.45, 2.75) is 19.3 Å². The second-order valence-electron chi connectivity index (χ2n) is 6.96. The summed E-state index contributed by atoms with van der Waals surface area (Å²) in [5.74, 6) is 0. The number of aromatic nitrogens is 3. The van der Waals surface area contributed by atoms with Gasteiger partial charge in [0.15, 0.2) is 5.52 Å². The molecule has 0 amide bonds. The summed E-state index contributed by atoms with van der Waals surface area (Å²) in [5.41, 5.74) is -0.766. The third-order valence-electron chi connectivity index (χ3n) is 4.84. The SMILES string of the molecule is O=c1c2ncccc2n(Cc2cccc(C(F)(F)F)c2)c(=O)n1Cc1ccc(Cl)cc1. The molecule has 0 aliphatic rings. The number of rotatable bonds is 4. The van der Waals surface area contributed by atoms with Gasteiger partial charge < -0.3 is 0 Å². The highest BCUT2D eigenvalue weighted by Crippen LogP contribution is 2.29. The van der Waals surface area contributed by atoms with E-state index in [-0.39, 0.29) is 29.7 Å². The van der Waals surface area contributed by atoms with Crippen molar-refractivity contribution in [1.82, 2.24) is 14.1 Å². The van der Waals surface area contributed by atoms with E-state index >= 15 is 0 Å². The van der Waals surface area contributed by atoms with Crippen LogP contribution in [0.15, 0.2) is 76.4 Å². The molecular weight excluding hydrogens is 431 g/mol. The number of hydrogen-bond donors (Lipinski definition) is 0. The van der Waals surface area contributed by atoms with Crippen LogP contribution in [0.2, 0.25) is 5.02 Å². The smallest absolute Gasteiger partial charge is 0.287 e. The van der Waals surface area contributed by atoms with E-state index in [2.05, 4.69) is 4.98 Å². The number of fused-ring (bicyclic) bond motifs is 1. The number of alkyl halides is 3. The molecule has 9 heteroatoms. The molecular formula is C22H15ClF3N3O2. The van der Waals surface area contributed by atoms with E-state index in [0.717, 1.165) is 16.7 Å². The first-order valence-electron chi connectivity index (χ1n) is 9.23. The number of nitrogens with zero attached hydrogens (tertiary/aromatic N) is 3. The zero-order valence-electron chi connectivity index (χ0n) is 15.9. The van der Waals surface area contributed by atoms with Crippen molar-refractivity contribution >= 4 is 22.6 Å². The molecule has 158 valence electrons. The highest BCUT2D eigenvalue weighted by atomic mass is 35.5. The Kier molecular flexibility index (Phi) is 5.41. The van der Waals surface area contributed by atoms with Gasteiger partial charge in [0.1, 0.15) is 0 Å². The molecule has 2 aromatic carbocycles. The summed E-state index contributed by atoms with van der Waals surface area (Å²) >= 11 is 5.89. The standard InChI is InChI=1S/C22H15ClF3N3O2/c23-17-8-6-14(7-9-17)12-29-20(30)19-18(5-2-10-27-19)28(21(29)31)13-15-3-1-4-16(11-15)22(24,25)26/h1-11H,12-13H2. The summed E-state index contributed by atoms with van der Waals surface area (Å²) in [5, 5.41) is 0.512. The van der Waals surface area contributed by atoms with Gasteiger partial charge in [-0.3, -0.25) is 13.9 Å². The zero-order valence-corrected chi connectivity index (χ0v) is 16.7. The molecule has 2 aromatic heterocycles. The van der Waals surface area contributed by atoms with Crippen LogP contribution in [0.1, 0.15) is 16.7 Å². The molecule has 0 saturated heterocycles. The van der Waals surface area contributed by atoms with Crippen molar-refractivity contribution < 1.29 is 13.2 Å². The summed E-state index contributed by atoms with van der Waals surface area (Å²) in [6.07, 6.45) is -3.08. The van der Waals surface area contributed by atoms with E-state index in [1.54, 1.807) is 36.4 Å². The lowest BCUT2D eigenvalue weighted by atomic mass is 10.1. The molecule has 0 unspecified atom stereocenters. The molecule has 4 aromatic rings. The van der Waals surface area contributed by atoms with Gasteiger partial charge in [-0.2, -0.15) is 13.2 Å². The van der Waals surface area contributed by atoms with Crippen LogP contribution >= 0.6 is 11.6 Å². The molecule has 2 heterocycles.